The lowest BCUT2D eigenvalue weighted by molar-refractivity contribution is -0.129. The molecule has 27 heavy (non-hydrogen) atoms. The van der Waals surface area contributed by atoms with E-state index in [0.29, 0.717) is 37.7 Å². The zero-order valence-corrected chi connectivity index (χ0v) is 18.7. The standard InChI is InChI=1S/C21H26BrNO3S/c1-5-25-19-11-16(18(22)13-20(19)26-6-2)12-21(24)23(3)14-15-7-9-17(27-4)10-8-15/h7-11,13H,5-6,12,14H2,1-4H3. The van der Waals surface area contributed by atoms with Crippen molar-refractivity contribution in [2.45, 2.75) is 31.7 Å². The monoisotopic (exact) mass is 451 g/mol. The highest BCUT2D eigenvalue weighted by atomic mass is 79.9. The quantitative estimate of drug-likeness (QED) is 0.492. The summed E-state index contributed by atoms with van der Waals surface area (Å²) in [4.78, 5) is 15.7. The van der Waals surface area contributed by atoms with Crippen LogP contribution in [0.4, 0.5) is 0 Å². The van der Waals surface area contributed by atoms with Crippen molar-refractivity contribution in [2.24, 2.45) is 0 Å². The van der Waals surface area contributed by atoms with Gasteiger partial charge in [0, 0.05) is 23.0 Å². The van der Waals surface area contributed by atoms with Crippen molar-refractivity contribution in [2.75, 3.05) is 26.5 Å². The number of carbonyl (C=O) groups is 1. The molecule has 0 heterocycles. The largest absolute Gasteiger partial charge is 0.490 e. The normalized spacial score (nSPS) is 10.6. The summed E-state index contributed by atoms with van der Waals surface area (Å²) in [6.45, 7) is 5.55. The number of amides is 1. The maximum Gasteiger partial charge on any atom is 0.227 e. The summed E-state index contributed by atoms with van der Waals surface area (Å²) in [5.74, 6) is 1.40. The lowest BCUT2D eigenvalue weighted by Gasteiger charge is -2.19. The first-order valence-corrected chi connectivity index (χ1v) is 10.9. The molecule has 0 spiro atoms. The number of carbonyl (C=O) groups excluding carboxylic acids is 1. The molecule has 0 bridgehead atoms. The Balaban J connectivity index is 2.09. The summed E-state index contributed by atoms with van der Waals surface area (Å²) < 4.78 is 12.1. The van der Waals surface area contributed by atoms with Crippen molar-refractivity contribution in [1.82, 2.24) is 4.90 Å². The van der Waals surface area contributed by atoms with Gasteiger partial charge in [0.2, 0.25) is 5.91 Å². The van der Waals surface area contributed by atoms with Crippen LogP contribution in [0.15, 0.2) is 45.8 Å². The molecule has 0 fully saturated rings. The fourth-order valence-electron chi connectivity index (χ4n) is 2.64. The summed E-state index contributed by atoms with van der Waals surface area (Å²) in [5.41, 5.74) is 2.00. The van der Waals surface area contributed by atoms with Crippen LogP contribution in [0.3, 0.4) is 0 Å². The highest BCUT2D eigenvalue weighted by molar-refractivity contribution is 9.10. The summed E-state index contributed by atoms with van der Waals surface area (Å²) in [6.07, 6.45) is 2.35. The number of hydrogen-bond acceptors (Lipinski definition) is 4. The molecule has 0 aliphatic carbocycles. The molecule has 0 aliphatic rings. The maximum atomic E-state index is 12.7. The molecular weight excluding hydrogens is 426 g/mol. The topological polar surface area (TPSA) is 38.8 Å². The van der Waals surface area contributed by atoms with Crippen molar-refractivity contribution >= 4 is 33.6 Å². The van der Waals surface area contributed by atoms with E-state index in [-0.39, 0.29) is 5.91 Å². The number of likely N-dealkylation sites (N-methyl/N-ethyl adjacent to an activating group) is 1. The Labute approximate surface area is 174 Å². The van der Waals surface area contributed by atoms with Crippen LogP contribution in [0, 0.1) is 0 Å². The first-order valence-electron chi connectivity index (χ1n) is 8.93. The summed E-state index contributed by atoms with van der Waals surface area (Å²) in [7, 11) is 1.83. The maximum absolute atomic E-state index is 12.7. The predicted molar refractivity (Wildman–Crippen MR) is 115 cm³/mol. The van der Waals surface area contributed by atoms with Gasteiger partial charge in [0.25, 0.3) is 0 Å². The van der Waals surface area contributed by atoms with Gasteiger partial charge in [-0.2, -0.15) is 0 Å². The van der Waals surface area contributed by atoms with Crippen LogP contribution in [0.5, 0.6) is 11.5 Å². The van der Waals surface area contributed by atoms with Crippen LogP contribution in [0.1, 0.15) is 25.0 Å². The molecule has 0 atom stereocenters. The van der Waals surface area contributed by atoms with Crippen molar-refractivity contribution in [3.63, 3.8) is 0 Å². The van der Waals surface area contributed by atoms with Gasteiger partial charge < -0.3 is 14.4 Å². The van der Waals surface area contributed by atoms with Gasteiger partial charge in [-0.05, 0) is 55.5 Å². The van der Waals surface area contributed by atoms with Gasteiger partial charge >= 0.3 is 0 Å². The minimum Gasteiger partial charge on any atom is -0.490 e. The molecule has 0 aliphatic heterocycles. The minimum absolute atomic E-state index is 0.0521. The molecular formula is C21H26BrNO3S. The minimum atomic E-state index is 0.0521. The second-order valence-corrected chi connectivity index (χ2v) is 7.77. The number of benzene rings is 2. The van der Waals surface area contributed by atoms with E-state index >= 15 is 0 Å². The molecule has 2 aromatic carbocycles. The molecule has 0 unspecified atom stereocenters. The average Bonchev–Trinajstić information content (AvgIpc) is 2.66. The molecule has 0 aromatic heterocycles. The van der Waals surface area contributed by atoms with Crippen molar-refractivity contribution in [1.29, 1.82) is 0 Å². The Bertz CT molecular complexity index is 765. The number of rotatable bonds is 9. The Kier molecular flexibility index (Phi) is 8.51. The molecule has 0 N–H and O–H groups in total. The number of nitrogens with zero attached hydrogens (tertiary/aromatic N) is 1. The van der Waals surface area contributed by atoms with E-state index in [4.69, 9.17) is 9.47 Å². The van der Waals surface area contributed by atoms with Crippen LogP contribution in [-0.2, 0) is 17.8 Å². The third-order valence-electron chi connectivity index (χ3n) is 4.06. The Morgan fingerprint density at radius 3 is 2.22 bits per heavy atom. The van der Waals surface area contributed by atoms with Crippen LogP contribution >= 0.6 is 27.7 Å². The fraction of sp³-hybridized carbons (Fsp3) is 0.381. The second kappa shape index (κ2) is 10.6. The van der Waals surface area contributed by atoms with Crippen LogP contribution in [-0.4, -0.2) is 37.3 Å². The van der Waals surface area contributed by atoms with Crippen LogP contribution in [0.2, 0.25) is 0 Å². The smallest absolute Gasteiger partial charge is 0.227 e. The van der Waals surface area contributed by atoms with E-state index in [1.54, 1.807) is 16.7 Å². The first kappa shape index (κ1) is 21.6. The van der Waals surface area contributed by atoms with Gasteiger partial charge in [-0.1, -0.05) is 28.1 Å². The predicted octanol–water partition coefficient (Wildman–Crippen LogP) is 5.17. The van der Waals surface area contributed by atoms with Gasteiger partial charge in [-0.25, -0.2) is 0 Å². The number of hydrogen-bond donors (Lipinski definition) is 0. The van der Waals surface area contributed by atoms with Crippen molar-refractivity contribution in [3.05, 3.63) is 52.0 Å². The van der Waals surface area contributed by atoms with Gasteiger partial charge in [-0.3, -0.25) is 4.79 Å². The second-order valence-electron chi connectivity index (χ2n) is 6.03. The highest BCUT2D eigenvalue weighted by Gasteiger charge is 2.16. The first-order chi connectivity index (χ1) is 13.0. The lowest BCUT2D eigenvalue weighted by atomic mass is 10.1. The SMILES string of the molecule is CCOc1cc(Br)c(CC(=O)N(C)Cc2ccc(SC)cc2)cc1OCC. The molecule has 0 radical (unpaired) electrons. The van der Waals surface area contributed by atoms with E-state index in [9.17, 15) is 4.79 Å². The van der Waals surface area contributed by atoms with Crippen molar-refractivity contribution < 1.29 is 14.3 Å². The third-order valence-corrected chi connectivity index (χ3v) is 5.54. The Morgan fingerprint density at radius 2 is 1.67 bits per heavy atom. The lowest BCUT2D eigenvalue weighted by Crippen LogP contribution is -2.27. The zero-order valence-electron chi connectivity index (χ0n) is 16.3. The van der Waals surface area contributed by atoms with Crippen LogP contribution < -0.4 is 9.47 Å². The van der Waals surface area contributed by atoms with E-state index in [0.717, 1.165) is 15.6 Å². The van der Waals surface area contributed by atoms with E-state index in [1.165, 1.54) is 4.90 Å². The highest BCUT2D eigenvalue weighted by Crippen LogP contribution is 2.34. The number of halogens is 1. The number of thioether (sulfide) groups is 1. The van der Waals surface area contributed by atoms with Gasteiger partial charge in [0.05, 0.1) is 19.6 Å². The molecule has 6 heteroatoms. The van der Waals surface area contributed by atoms with E-state index in [2.05, 4.69) is 46.5 Å². The molecule has 1 amide bonds. The van der Waals surface area contributed by atoms with E-state index < -0.39 is 0 Å². The van der Waals surface area contributed by atoms with Crippen molar-refractivity contribution in [3.8, 4) is 11.5 Å². The molecule has 0 saturated heterocycles. The fourth-order valence-corrected chi connectivity index (χ4v) is 3.51. The molecule has 146 valence electrons. The van der Waals surface area contributed by atoms with Gasteiger partial charge in [0.1, 0.15) is 0 Å². The Morgan fingerprint density at radius 1 is 1.07 bits per heavy atom. The molecule has 2 rings (SSSR count). The zero-order chi connectivity index (χ0) is 19.8. The molecule has 4 nitrogen and oxygen atoms in total. The van der Waals surface area contributed by atoms with Gasteiger partial charge in [0.15, 0.2) is 11.5 Å². The van der Waals surface area contributed by atoms with Gasteiger partial charge in [-0.15, -0.1) is 11.8 Å². The summed E-state index contributed by atoms with van der Waals surface area (Å²) in [6, 6.07) is 12.0. The van der Waals surface area contributed by atoms with Crippen LogP contribution in [0.25, 0.3) is 0 Å². The average molecular weight is 452 g/mol. The molecule has 0 saturated carbocycles. The summed E-state index contributed by atoms with van der Waals surface area (Å²) >= 11 is 5.26. The number of ether oxygens (including phenoxy) is 2. The molecule has 2 aromatic rings. The Hall–Kier alpha value is -1.66. The van der Waals surface area contributed by atoms with E-state index in [1.807, 2.05) is 33.0 Å². The summed E-state index contributed by atoms with van der Waals surface area (Å²) in [5, 5.41) is 0. The third kappa shape index (κ3) is 6.18.